The van der Waals surface area contributed by atoms with Crippen molar-refractivity contribution in [2.24, 2.45) is 0 Å². The fourth-order valence-corrected chi connectivity index (χ4v) is 3.12. The number of thiophene rings is 1. The van der Waals surface area contributed by atoms with Crippen LogP contribution in [-0.4, -0.2) is 5.91 Å². The Morgan fingerprint density at radius 1 is 1.23 bits per heavy atom. The lowest BCUT2D eigenvalue weighted by Crippen LogP contribution is -2.27. The number of alkyl halides is 3. The number of hydrogen-bond donors (Lipinski definition) is 1. The van der Waals surface area contributed by atoms with Gasteiger partial charge in [-0.1, -0.05) is 12.1 Å². The maximum absolute atomic E-state index is 12.7. The van der Waals surface area contributed by atoms with Gasteiger partial charge in [0, 0.05) is 9.75 Å². The first-order valence-electron chi connectivity index (χ1n) is 6.73. The van der Waals surface area contributed by atoms with Gasteiger partial charge in [-0.3, -0.25) is 4.79 Å². The molecule has 1 N–H and O–H groups in total. The van der Waals surface area contributed by atoms with Crippen LogP contribution in [0.2, 0.25) is 0 Å². The van der Waals surface area contributed by atoms with Crippen molar-refractivity contribution in [2.45, 2.75) is 33.0 Å². The molecular weight excluding hydrogens is 311 g/mol. The molecule has 2 aromatic rings. The number of rotatable bonds is 3. The second-order valence-corrected chi connectivity index (χ2v) is 6.61. The number of carbonyl (C=O) groups excluding carboxylic acids is 1. The maximum atomic E-state index is 12.7. The largest absolute Gasteiger partial charge is 0.416 e. The van der Waals surface area contributed by atoms with E-state index in [4.69, 9.17) is 0 Å². The van der Waals surface area contributed by atoms with Crippen LogP contribution in [0.1, 0.15) is 44.2 Å². The molecule has 0 saturated carbocycles. The molecule has 2 nitrogen and oxygen atoms in total. The van der Waals surface area contributed by atoms with Gasteiger partial charge in [0.2, 0.25) is 0 Å². The first-order valence-corrected chi connectivity index (χ1v) is 7.55. The molecule has 0 saturated heterocycles. The summed E-state index contributed by atoms with van der Waals surface area (Å²) in [6.45, 7) is 5.42. The second kappa shape index (κ2) is 6.12. The number of aryl methyl sites for hydroxylation is 2. The van der Waals surface area contributed by atoms with Crippen molar-refractivity contribution >= 4 is 17.2 Å². The summed E-state index contributed by atoms with van der Waals surface area (Å²) in [7, 11) is 0. The number of hydrogen-bond acceptors (Lipinski definition) is 2. The Hall–Kier alpha value is -1.82. The highest BCUT2D eigenvalue weighted by molar-refractivity contribution is 7.12. The maximum Gasteiger partial charge on any atom is 0.416 e. The summed E-state index contributed by atoms with van der Waals surface area (Å²) >= 11 is 1.52. The van der Waals surface area contributed by atoms with E-state index in [1.54, 1.807) is 19.1 Å². The van der Waals surface area contributed by atoms with Crippen molar-refractivity contribution in [1.82, 2.24) is 5.32 Å². The fourth-order valence-electron chi connectivity index (χ4n) is 2.20. The molecule has 0 spiro atoms. The van der Waals surface area contributed by atoms with E-state index in [1.165, 1.54) is 17.4 Å². The van der Waals surface area contributed by atoms with E-state index in [1.807, 2.05) is 13.8 Å². The van der Waals surface area contributed by atoms with Gasteiger partial charge in [0.15, 0.2) is 0 Å². The Balaban J connectivity index is 2.17. The minimum atomic E-state index is -4.39. The molecule has 1 unspecified atom stereocenters. The first kappa shape index (κ1) is 16.5. The van der Waals surface area contributed by atoms with Crippen molar-refractivity contribution in [1.29, 1.82) is 0 Å². The summed E-state index contributed by atoms with van der Waals surface area (Å²) in [5, 5.41) is 2.75. The summed E-state index contributed by atoms with van der Waals surface area (Å²) in [5.41, 5.74) is 0.280. The summed E-state index contributed by atoms with van der Waals surface area (Å²) in [4.78, 5) is 14.1. The Morgan fingerprint density at radius 3 is 2.45 bits per heavy atom. The lowest BCUT2D eigenvalue weighted by Gasteiger charge is -2.16. The van der Waals surface area contributed by atoms with Crippen molar-refractivity contribution in [3.8, 4) is 0 Å². The number of halogens is 3. The third-order valence-corrected chi connectivity index (χ3v) is 4.31. The van der Waals surface area contributed by atoms with Crippen LogP contribution in [0.15, 0.2) is 30.3 Å². The third kappa shape index (κ3) is 3.68. The molecule has 0 aliphatic heterocycles. The van der Waals surface area contributed by atoms with Crippen LogP contribution in [0.3, 0.4) is 0 Å². The molecule has 118 valence electrons. The normalized spacial score (nSPS) is 13.0. The molecule has 0 fully saturated rings. The topological polar surface area (TPSA) is 29.1 Å². The quantitative estimate of drug-likeness (QED) is 0.856. The Kier molecular flexibility index (Phi) is 4.60. The van der Waals surface area contributed by atoms with Crippen molar-refractivity contribution < 1.29 is 18.0 Å². The van der Waals surface area contributed by atoms with E-state index in [0.29, 0.717) is 11.1 Å². The van der Waals surface area contributed by atoms with E-state index < -0.39 is 17.8 Å². The number of benzene rings is 1. The summed E-state index contributed by atoms with van der Waals surface area (Å²) in [5.74, 6) is -0.272. The van der Waals surface area contributed by atoms with Crippen LogP contribution >= 0.6 is 11.3 Å². The Morgan fingerprint density at radius 2 is 1.91 bits per heavy atom. The van der Waals surface area contributed by atoms with E-state index >= 15 is 0 Å². The van der Waals surface area contributed by atoms with Crippen LogP contribution < -0.4 is 5.32 Å². The summed E-state index contributed by atoms with van der Waals surface area (Å²) in [6, 6.07) is 6.29. The molecule has 1 heterocycles. The van der Waals surface area contributed by atoms with Crippen LogP contribution in [0.4, 0.5) is 13.2 Å². The Labute approximate surface area is 131 Å². The highest BCUT2D eigenvalue weighted by atomic mass is 32.1. The monoisotopic (exact) mass is 327 g/mol. The molecule has 1 amide bonds. The van der Waals surface area contributed by atoms with Crippen molar-refractivity contribution in [3.05, 3.63) is 56.8 Å². The van der Waals surface area contributed by atoms with Crippen LogP contribution in [0.5, 0.6) is 0 Å². The average molecular weight is 327 g/mol. The summed E-state index contributed by atoms with van der Waals surface area (Å²) < 4.78 is 38.2. The third-order valence-electron chi connectivity index (χ3n) is 3.35. The molecule has 0 aliphatic carbocycles. The Bertz CT molecular complexity index is 691. The van der Waals surface area contributed by atoms with Gasteiger partial charge in [-0.15, -0.1) is 11.3 Å². The number of nitrogens with one attached hydrogen (secondary N) is 1. The van der Waals surface area contributed by atoms with Gasteiger partial charge in [0.1, 0.15) is 0 Å². The molecule has 0 bridgehead atoms. The van der Waals surface area contributed by atoms with E-state index in [2.05, 4.69) is 5.32 Å². The van der Waals surface area contributed by atoms with E-state index in [-0.39, 0.29) is 5.91 Å². The van der Waals surface area contributed by atoms with Crippen LogP contribution in [0.25, 0.3) is 0 Å². The predicted molar refractivity (Wildman–Crippen MR) is 81.1 cm³/mol. The zero-order valence-corrected chi connectivity index (χ0v) is 13.2. The van der Waals surface area contributed by atoms with Gasteiger partial charge in [-0.2, -0.15) is 13.2 Å². The van der Waals surface area contributed by atoms with Gasteiger partial charge in [-0.05, 0) is 44.5 Å². The smallest absolute Gasteiger partial charge is 0.345 e. The minimum absolute atomic E-state index is 0.272. The SMILES string of the molecule is Cc1cc(C(=O)NC(C)c2cccc(C(F)(F)F)c2)c(C)s1. The number of amides is 1. The molecule has 0 aliphatic rings. The molecule has 1 aromatic carbocycles. The summed E-state index contributed by atoms with van der Waals surface area (Å²) in [6.07, 6.45) is -4.39. The average Bonchev–Trinajstić information content (AvgIpc) is 2.77. The molecule has 2 rings (SSSR count). The first-order chi connectivity index (χ1) is 10.2. The van der Waals surface area contributed by atoms with Crippen molar-refractivity contribution in [3.63, 3.8) is 0 Å². The molecular formula is C16H16F3NOS. The fraction of sp³-hybridized carbons (Fsp3) is 0.312. The van der Waals surface area contributed by atoms with Gasteiger partial charge >= 0.3 is 6.18 Å². The van der Waals surface area contributed by atoms with Crippen LogP contribution in [0, 0.1) is 13.8 Å². The highest BCUT2D eigenvalue weighted by Gasteiger charge is 2.30. The van der Waals surface area contributed by atoms with E-state index in [0.717, 1.165) is 21.9 Å². The lowest BCUT2D eigenvalue weighted by molar-refractivity contribution is -0.137. The van der Waals surface area contributed by atoms with Gasteiger partial charge in [0.05, 0.1) is 17.2 Å². The van der Waals surface area contributed by atoms with Crippen LogP contribution in [-0.2, 0) is 6.18 Å². The molecule has 6 heteroatoms. The standard InChI is InChI=1S/C16H16F3NOS/c1-9-7-14(11(3)22-9)15(21)20-10(2)12-5-4-6-13(8-12)16(17,18)19/h4-8,10H,1-3H3,(H,20,21). The second-order valence-electron chi connectivity index (χ2n) is 5.15. The lowest BCUT2D eigenvalue weighted by atomic mass is 10.0. The zero-order valence-electron chi connectivity index (χ0n) is 12.4. The zero-order chi connectivity index (χ0) is 16.5. The minimum Gasteiger partial charge on any atom is -0.345 e. The van der Waals surface area contributed by atoms with Crippen molar-refractivity contribution in [2.75, 3.05) is 0 Å². The number of carbonyl (C=O) groups is 1. The van der Waals surface area contributed by atoms with Gasteiger partial charge in [-0.25, -0.2) is 0 Å². The molecule has 22 heavy (non-hydrogen) atoms. The molecule has 1 atom stereocenters. The molecule has 0 radical (unpaired) electrons. The van der Waals surface area contributed by atoms with Gasteiger partial charge < -0.3 is 5.32 Å². The van der Waals surface area contributed by atoms with Gasteiger partial charge in [0.25, 0.3) is 5.91 Å². The predicted octanol–water partition coefficient (Wildman–Crippen LogP) is 4.87. The highest BCUT2D eigenvalue weighted by Crippen LogP contribution is 2.31. The van der Waals surface area contributed by atoms with E-state index in [9.17, 15) is 18.0 Å². The molecule has 1 aromatic heterocycles.